The minimum atomic E-state index is -0.528. The van der Waals surface area contributed by atoms with Gasteiger partial charge in [0.25, 0.3) is 0 Å². The van der Waals surface area contributed by atoms with E-state index in [-0.39, 0.29) is 18.1 Å². The molecule has 0 aliphatic carbocycles. The van der Waals surface area contributed by atoms with Gasteiger partial charge in [-0.25, -0.2) is 4.98 Å². The lowest BCUT2D eigenvalue weighted by molar-refractivity contribution is -0.123. The quantitative estimate of drug-likeness (QED) is 0.468. The monoisotopic (exact) mass is 420 g/mol. The number of nitrogens with one attached hydrogen (secondary N) is 1. The molecule has 0 bridgehead atoms. The summed E-state index contributed by atoms with van der Waals surface area (Å²) in [5, 5.41) is 8.13. The van der Waals surface area contributed by atoms with Gasteiger partial charge in [0, 0.05) is 17.8 Å². The van der Waals surface area contributed by atoms with Crippen LogP contribution in [0.5, 0.6) is 0 Å². The van der Waals surface area contributed by atoms with Crippen molar-refractivity contribution in [1.82, 2.24) is 14.5 Å². The summed E-state index contributed by atoms with van der Waals surface area (Å²) in [5.74, 6) is -0.174. The van der Waals surface area contributed by atoms with Crippen LogP contribution in [0.3, 0.4) is 0 Å². The van der Waals surface area contributed by atoms with Gasteiger partial charge in [0.05, 0.1) is 35.9 Å². The number of carbonyl (C=O) groups excluding carboxylic acids is 1. The fourth-order valence-electron chi connectivity index (χ4n) is 3.11. The Morgan fingerprint density at radius 1 is 1.23 bits per heavy atom. The van der Waals surface area contributed by atoms with E-state index in [2.05, 4.69) is 44.2 Å². The molecular formula is C23H24N4O2S. The molecule has 0 spiro atoms. The molecule has 3 heterocycles. The lowest BCUT2D eigenvalue weighted by Crippen LogP contribution is -2.32. The van der Waals surface area contributed by atoms with Crippen molar-refractivity contribution >= 4 is 33.8 Å². The van der Waals surface area contributed by atoms with Crippen molar-refractivity contribution in [3.8, 4) is 11.1 Å². The van der Waals surface area contributed by atoms with Gasteiger partial charge in [-0.05, 0) is 66.9 Å². The largest absolute Gasteiger partial charge is 0.373 e. The average molecular weight is 421 g/mol. The van der Waals surface area contributed by atoms with Crippen LogP contribution in [0, 0.1) is 0 Å². The third-order valence-electron chi connectivity index (χ3n) is 4.66. The molecular weight excluding hydrogens is 396 g/mol. The number of aromatic nitrogens is 3. The van der Waals surface area contributed by atoms with Crippen molar-refractivity contribution < 1.29 is 9.53 Å². The minimum Gasteiger partial charge on any atom is -0.373 e. The predicted molar refractivity (Wildman–Crippen MR) is 121 cm³/mol. The van der Waals surface area contributed by atoms with Crippen LogP contribution in [-0.2, 0) is 9.53 Å². The van der Waals surface area contributed by atoms with Crippen molar-refractivity contribution in [3.63, 3.8) is 0 Å². The van der Waals surface area contributed by atoms with Gasteiger partial charge in [0.15, 0.2) is 0 Å². The summed E-state index contributed by atoms with van der Waals surface area (Å²) in [4.78, 5) is 21.6. The second-order valence-corrected chi connectivity index (χ2v) is 8.86. The summed E-state index contributed by atoms with van der Waals surface area (Å²) < 4.78 is 7.63. The predicted octanol–water partition coefficient (Wildman–Crippen LogP) is 5.15. The second kappa shape index (κ2) is 8.38. The van der Waals surface area contributed by atoms with Crippen molar-refractivity contribution in [2.45, 2.75) is 32.4 Å². The van der Waals surface area contributed by atoms with Gasteiger partial charge in [-0.1, -0.05) is 6.07 Å². The normalized spacial score (nSPS) is 12.8. The molecule has 4 aromatic rings. The third-order valence-corrected chi connectivity index (χ3v) is 5.35. The van der Waals surface area contributed by atoms with E-state index in [1.54, 1.807) is 40.8 Å². The molecule has 30 heavy (non-hydrogen) atoms. The number of nitrogens with zero attached hydrogens (tertiary/aromatic N) is 3. The van der Waals surface area contributed by atoms with Gasteiger partial charge in [-0.15, -0.1) is 0 Å². The molecule has 4 rings (SSSR count). The molecule has 1 amide bonds. The first-order valence-electron chi connectivity index (χ1n) is 9.74. The van der Waals surface area contributed by atoms with E-state index in [0.29, 0.717) is 5.69 Å². The number of hydrogen-bond donors (Lipinski definition) is 1. The fourth-order valence-corrected chi connectivity index (χ4v) is 3.78. The van der Waals surface area contributed by atoms with E-state index in [1.165, 1.54) is 5.56 Å². The van der Waals surface area contributed by atoms with Gasteiger partial charge in [0.1, 0.15) is 6.04 Å². The van der Waals surface area contributed by atoms with E-state index in [1.807, 2.05) is 32.9 Å². The highest BCUT2D eigenvalue weighted by Gasteiger charge is 2.23. The number of imidazole rings is 1. The molecule has 0 saturated heterocycles. The number of hydrogen-bond acceptors (Lipinski definition) is 5. The molecule has 3 aromatic heterocycles. The molecule has 6 nitrogen and oxygen atoms in total. The van der Waals surface area contributed by atoms with E-state index < -0.39 is 6.04 Å². The van der Waals surface area contributed by atoms with Gasteiger partial charge in [-0.2, -0.15) is 11.3 Å². The Bertz CT molecular complexity index is 1130. The highest BCUT2D eigenvalue weighted by Crippen LogP contribution is 2.27. The topological polar surface area (TPSA) is 69.0 Å². The number of pyridine rings is 1. The van der Waals surface area contributed by atoms with Crippen LogP contribution in [0.15, 0.2) is 66.0 Å². The lowest BCUT2D eigenvalue weighted by atomic mass is 10.1. The summed E-state index contributed by atoms with van der Waals surface area (Å²) in [5.41, 5.74) is 3.49. The Balaban J connectivity index is 1.57. The first-order valence-corrected chi connectivity index (χ1v) is 10.7. The van der Waals surface area contributed by atoms with Crippen LogP contribution in [0.2, 0.25) is 0 Å². The van der Waals surface area contributed by atoms with Crippen LogP contribution in [-0.4, -0.2) is 32.7 Å². The smallest absolute Gasteiger partial charge is 0.249 e. The lowest BCUT2D eigenvalue weighted by Gasteiger charge is -2.24. The number of benzene rings is 1. The number of carbonyl (C=O) groups is 1. The molecule has 1 N–H and O–H groups in total. The molecule has 7 heteroatoms. The van der Waals surface area contributed by atoms with Crippen LogP contribution in [0.1, 0.15) is 26.8 Å². The summed E-state index contributed by atoms with van der Waals surface area (Å²) in [6, 6.07) is 9.67. The Morgan fingerprint density at radius 2 is 2.10 bits per heavy atom. The fraction of sp³-hybridized carbons (Fsp3) is 0.261. The van der Waals surface area contributed by atoms with Crippen LogP contribution in [0.25, 0.3) is 22.0 Å². The van der Waals surface area contributed by atoms with Gasteiger partial charge < -0.3 is 14.6 Å². The summed E-state index contributed by atoms with van der Waals surface area (Å²) in [6.45, 7) is 6.14. The number of thiophene rings is 1. The Labute approximate surface area is 179 Å². The van der Waals surface area contributed by atoms with Crippen LogP contribution < -0.4 is 5.32 Å². The zero-order chi connectivity index (χ0) is 21.1. The van der Waals surface area contributed by atoms with E-state index in [9.17, 15) is 4.79 Å². The van der Waals surface area contributed by atoms with E-state index in [4.69, 9.17) is 4.74 Å². The number of rotatable bonds is 6. The Hall–Kier alpha value is -3.03. The minimum absolute atomic E-state index is 0.174. The zero-order valence-electron chi connectivity index (χ0n) is 17.2. The van der Waals surface area contributed by atoms with Crippen LogP contribution >= 0.6 is 11.3 Å². The van der Waals surface area contributed by atoms with Crippen molar-refractivity contribution in [1.29, 1.82) is 0 Å². The van der Waals surface area contributed by atoms with Gasteiger partial charge in [-0.3, -0.25) is 9.78 Å². The molecule has 1 aromatic carbocycles. The standard InChI is InChI=1S/C23H24N4O2S/c1-23(2,3)29-13-21(27-8-7-24-15-27)22(28)26-19-11-18-10-16(17-6-9-30-14-17)4-5-20(18)25-12-19/h4-12,14-15,21H,13H2,1-3H3,(H,26,28). The Kier molecular flexibility index (Phi) is 5.65. The third kappa shape index (κ3) is 4.75. The van der Waals surface area contributed by atoms with Gasteiger partial charge >= 0.3 is 0 Å². The maximum absolute atomic E-state index is 13.1. The molecule has 1 atom stereocenters. The molecule has 0 aliphatic rings. The maximum atomic E-state index is 13.1. The number of fused-ring (bicyclic) bond motifs is 1. The summed E-state index contributed by atoms with van der Waals surface area (Å²) >= 11 is 1.67. The number of amides is 1. The SMILES string of the molecule is CC(C)(C)OCC(C(=O)Nc1cnc2ccc(-c3ccsc3)cc2c1)n1ccnc1. The Morgan fingerprint density at radius 3 is 2.80 bits per heavy atom. The van der Waals surface area contributed by atoms with Crippen LogP contribution in [0.4, 0.5) is 5.69 Å². The number of ether oxygens (including phenoxy) is 1. The highest BCUT2D eigenvalue weighted by molar-refractivity contribution is 7.08. The van der Waals surface area contributed by atoms with Crippen molar-refractivity contribution in [2.75, 3.05) is 11.9 Å². The highest BCUT2D eigenvalue weighted by atomic mass is 32.1. The van der Waals surface area contributed by atoms with E-state index in [0.717, 1.165) is 16.5 Å². The molecule has 0 radical (unpaired) electrons. The van der Waals surface area contributed by atoms with Gasteiger partial charge in [0.2, 0.25) is 5.91 Å². The second-order valence-electron chi connectivity index (χ2n) is 8.08. The molecule has 154 valence electrons. The average Bonchev–Trinajstić information content (AvgIpc) is 3.41. The summed E-state index contributed by atoms with van der Waals surface area (Å²) in [7, 11) is 0. The number of anilines is 1. The first kappa shape index (κ1) is 20.3. The molecule has 0 saturated carbocycles. The van der Waals surface area contributed by atoms with Crippen molar-refractivity contribution in [2.24, 2.45) is 0 Å². The maximum Gasteiger partial charge on any atom is 0.249 e. The zero-order valence-corrected chi connectivity index (χ0v) is 18.0. The molecule has 0 fully saturated rings. The van der Waals surface area contributed by atoms with Crippen molar-refractivity contribution in [3.05, 3.63) is 66.0 Å². The first-order chi connectivity index (χ1) is 14.4. The molecule has 0 aliphatic heterocycles. The molecule has 1 unspecified atom stereocenters. The summed E-state index contributed by atoms with van der Waals surface area (Å²) in [6.07, 6.45) is 6.73. The van der Waals surface area contributed by atoms with E-state index >= 15 is 0 Å².